The summed E-state index contributed by atoms with van der Waals surface area (Å²) in [4.78, 5) is 34.4. The van der Waals surface area contributed by atoms with Crippen LogP contribution >= 0.6 is 0 Å². The zero-order chi connectivity index (χ0) is 15.7. The second-order valence-corrected chi connectivity index (χ2v) is 4.42. The maximum Gasteiger partial charge on any atom is 0.408 e. The Hall–Kier alpha value is -2.37. The molecule has 0 aliphatic carbocycles. The Kier molecular flexibility index (Phi) is 6.94. The molecule has 1 aromatic rings. The minimum atomic E-state index is -1.02. The van der Waals surface area contributed by atoms with E-state index in [1.54, 1.807) is 6.92 Å². The van der Waals surface area contributed by atoms with Crippen LogP contribution in [0.3, 0.4) is 0 Å². The molecule has 0 unspecified atom stereocenters. The number of ketones is 1. The standard InChI is InChI=1S/C15H19NO5/c1-3-20-14(18)13(9-11(2)17)16-15(19)21-10-12-7-5-4-6-8-12/h4-8,13H,3,9-10H2,1-2H3,(H,16,19)/t13-/m0/s1. The van der Waals surface area contributed by atoms with E-state index in [0.717, 1.165) is 5.56 Å². The Morgan fingerprint density at radius 2 is 1.81 bits per heavy atom. The number of hydrogen-bond donors (Lipinski definition) is 1. The summed E-state index contributed by atoms with van der Waals surface area (Å²) in [5.41, 5.74) is 0.826. The Bertz CT molecular complexity index is 486. The lowest BCUT2D eigenvalue weighted by Gasteiger charge is -2.15. The van der Waals surface area contributed by atoms with Gasteiger partial charge in [0.05, 0.1) is 6.61 Å². The first kappa shape index (κ1) is 16.7. The molecule has 114 valence electrons. The predicted molar refractivity (Wildman–Crippen MR) is 75.5 cm³/mol. The van der Waals surface area contributed by atoms with Gasteiger partial charge in [0.15, 0.2) is 0 Å². The number of alkyl carbamates (subject to hydrolysis) is 1. The zero-order valence-corrected chi connectivity index (χ0v) is 12.1. The number of carbonyl (C=O) groups excluding carboxylic acids is 3. The van der Waals surface area contributed by atoms with E-state index in [0.29, 0.717) is 0 Å². The van der Waals surface area contributed by atoms with Crippen LogP contribution in [0.1, 0.15) is 25.8 Å². The molecule has 0 bridgehead atoms. The molecule has 1 rings (SSSR count). The third-order valence-electron chi connectivity index (χ3n) is 2.57. The molecule has 0 aliphatic rings. The van der Waals surface area contributed by atoms with Crippen molar-refractivity contribution in [3.63, 3.8) is 0 Å². The van der Waals surface area contributed by atoms with Crippen LogP contribution in [0.15, 0.2) is 30.3 Å². The van der Waals surface area contributed by atoms with E-state index in [1.807, 2.05) is 30.3 Å². The SMILES string of the molecule is CCOC(=O)[C@H](CC(C)=O)NC(=O)OCc1ccccc1. The lowest BCUT2D eigenvalue weighted by atomic mass is 10.1. The van der Waals surface area contributed by atoms with E-state index < -0.39 is 18.1 Å². The Labute approximate surface area is 123 Å². The molecule has 6 nitrogen and oxygen atoms in total. The highest BCUT2D eigenvalue weighted by Crippen LogP contribution is 2.02. The highest BCUT2D eigenvalue weighted by atomic mass is 16.6. The van der Waals surface area contributed by atoms with Gasteiger partial charge in [-0.1, -0.05) is 30.3 Å². The van der Waals surface area contributed by atoms with Gasteiger partial charge in [0.1, 0.15) is 18.4 Å². The summed E-state index contributed by atoms with van der Waals surface area (Å²) in [5.74, 6) is -0.874. The van der Waals surface area contributed by atoms with Gasteiger partial charge in [0.25, 0.3) is 0 Å². The number of Topliss-reactive ketones (excluding diaryl/α,β-unsaturated/α-hetero) is 1. The predicted octanol–water partition coefficient (Wildman–Crippen LogP) is 1.82. The molecule has 0 saturated heterocycles. The first-order chi connectivity index (χ1) is 10.0. The molecule has 1 atom stereocenters. The first-order valence-electron chi connectivity index (χ1n) is 6.66. The normalized spacial score (nSPS) is 11.3. The molecule has 0 aromatic heterocycles. The summed E-state index contributed by atoms with van der Waals surface area (Å²) in [6.45, 7) is 3.25. The zero-order valence-electron chi connectivity index (χ0n) is 12.1. The average Bonchev–Trinajstić information content (AvgIpc) is 2.45. The molecule has 0 saturated carbocycles. The molecule has 1 amide bonds. The first-order valence-corrected chi connectivity index (χ1v) is 6.66. The molecule has 21 heavy (non-hydrogen) atoms. The van der Waals surface area contributed by atoms with Gasteiger partial charge in [-0.3, -0.25) is 4.79 Å². The summed E-state index contributed by atoms with van der Waals surface area (Å²) < 4.78 is 9.81. The molecule has 0 fully saturated rings. The van der Waals surface area contributed by atoms with Crippen molar-refractivity contribution >= 4 is 17.8 Å². The number of nitrogens with one attached hydrogen (secondary N) is 1. The van der Waals surface area contributed by atoms with Gasteiger partial charge in [0.2, 0.25) is 0 Å². The number of rotatable bonds is 7. The van der Waals surface area contributed by atoms with Gasteiger partial charge in [-0.2, -0.15) is 0 Å². The topological polar surface area (TPSA) is 81.7 Å². The van der Waals surface area contributed by atoms with Crippen LogP contribution < -0.4 is 5.32 Å². The fourth-order valence-corrected chi connectivity index (χ4v) is 1.63. The number of benzene rings is 1. The van der Waals surface area contributed by atoms with Crippen molar-refractivity contribution in [3.8, 4) is 0 Å². The molecule has 0 heterocycles. The molecular formula is C15H19NO5. The molecule has 1 N–H and O–H groups in total. The van der Waals surface area contributed by atoms with E-state index >= 15 is 0 Å². The monoisotopic (exact) mass is 293 g/mol. The number of ether oxygens (including phenoxy) is 2. The number of amides is 1. The summed E-state index contributed by atoms with van der Waals surface area (Å²) in [7, 11) is 0. The molecule has 6 heteroatoms. The molecule has 0 aliphatic heterocycles. The van der Waals surface area contributed by atoms with Crippen molar-refractivity contribution in [1.82, 2.24) is 5.32 Å². The van der Waals surface area contributed by atoms with E-state index in [4.69, 9.17) is 9.47 Å². The van der Waals surface area contributed by atoms with Crippen molar-refractivity contribution in [3.05, 3.63) is 35.9 Å². The van der Waals surface area contributed by atoms with Crippen LogP contribution in [0.5, 0.6) is 0 Å². The fraction of sp³-hybridized carbons (Fsp3) is 0.400. The van der Waals surface area contributed by atoms with Crippen molar-refractivity contribution in [2.24, 2.45) is 0 Å². The van der Waals surface area contributed by atoms with Gasteiger partial charge >= 0.3 is 12.1 Å². The summed E-state index contributed by atoms with van der Waals surface area (Å²) >= 11 is 0. The molecule has 0 radical (unpaired) electrons. The third kappa shape index (κ3) is 6.56. The number of carbonyl (C=O) groups is 3. The molecule has 0 spiro atoms. The van der Waals surface area contributed by atoms with Crippen molar-refractivity contribution < 1.29 is 23.9 Å². The lowest BCUT2D eigenvalue weighted by molar-refractivity contribution is -0.146. The van der Waals surface area contributed by atoms with Gasteiger partial charge in [-0.15, -0.1) is 0 Å². The van der Waals surface area contributed by atoms with Crippen LogP contribution in [-0.4, -0.2) is 30.5 Å². The highest BCUT2D eigenvalue weighted by molar-refractivity contribution is 5.87. The van der Waals surface area contributed by atoms with E-state index in [-0.39, 0.29) is 25.4 Å². The molecule has 1 aromatic carbocycles. The lowest BCUT2D eigenvalue weighted by Crippen LogP contribution is -2.43. The minimum Gasteiger partial charge on any atom is -0.464 e. The second kappa shape index (κ2) is 8.73. The Morgan fingerprint density at radius 1 is 1.14 bits per heavy atom. The Morgan fingerprint density at radius 3 is 2.38 bits per heavy atom. The number of hydrogen-bond acceptors (Lipinski definition) is 5. The summed E-state index contributed by atoms with van der Waals surface area (Å²) in [5, 5.41) is 2.35. The fourth-order valence-electron chi connectivity index (χ4n) is 1.63. The second-order valence-electron chi connectivity index (χ2n) is 4.42. The van der Waals surface area contributed by atoms with E-state index in [1.165, 1.54) is 6.92 Å². The average molecular weight is 293 g/mol. The van der Waals surface area contributed by atoms with Crippen molar-refractivity contribution in [1.29, 1.82) is 0 Å². The largest absolute Gasteiger partial charge is 0.464 e. The van der Waals surface area contributed by atoms with Crippen LogP contribution in [0.2, 0.25) is 0 Å². The Balaban J connectivity index is 2.51. The van der Waals surface area contributed by atoms with Crippen LogP contribution in [0.25, 0.3) is 0 Å². The summed E-state index contributed by atoms with van der Waals surface area (Å²) in [6, 6.07) is 8.11. The van der Waals surface area contributed by atoms with E-state index in [2.05, 4.69) is 5.32 Å². The number of esters is 1. The van der Waals surface area contributed by atoms with E-state index in [9.17, 15) is 14.4 Å². The third-order valence-corrected chi connectivity index (χ3v) is 2.57. The minimum absolute atomic E-state index is 0.0856. The van der Waals surface area contributed by atoms with Crippen LogP contribution in [0.4, 0.5) is 4.79 Å². The quantitative estimate of drug-likeness (QED) is 0.775. The van der Waals surface area contributed by atoms with Crippen LogP contribution in [-0.2, 0) is 25.7 Å². The van der Waals surface area contributed by atoms with Gasteiger partial charge in [-0.05, 0) is 19.4 Å². The van der Waals surface area contributed by atoms with Crippen LogP contribution in [0, 0.1) is 0 Å². The molecular weight excluding hydrogens is 274 g/mol. The summed E-state index contributed by atoms with van der Waals surface area (Å²) in [6.07, 6.45) is -0.891. The highest BCUT2D eigenvalue weighted by Gasteiger charge is 2.24. The van der Waals surface area contributed by atoms with Gasteiger partial charge < -0.3 is 14.8 Å². The maximum atomic E-state index is 11.7. The maximum absolute atomic E-state index is 11.7. The van der Waals surface area contributed by atoms with Gasteiger partial charge in [0, 0.05) is 6.42 Å². The smallest absolute Gasteiger partial charge is 0.408 e. The van der Waals surface area contributed by atoms with Crippen molar-refractivity contribution in [2.45, 2.75) is 32.9 Å². The van der Waals surface area contributed by atoms with Gasteiger partial charge in [-0.25, -0.2) is 9.59 Å². The van der Waals surface area contributed by atoms with Crippen molar-refractivity contribution in [2.75, 3.05) is 6.61 Å².